The molecule has 0 spiro atoms. The molecule has 7 heteroatoms. The van der Waals surface area contributed by atoms with Gasteiger partial charge in [0.05, 0.1) is 10.8 Å². The average molecular weight is 375 g/mol. The number of carbonyl (C=O) groups excluding carboxylic acids is 1. The normalized spacial score (nSPS) is 21.0. The fourth-order valence-electron chi connectivity index (χ4n) is 3.24. The van der Waals surface area contributed by atoms with Gasteiger partial charge in [0, 0.05) is 29.2 Å². The van der Waals surface area contributed by atoms with Crippen LogP contribution in [0.25, 0.3) is 10.9 Å². The number of nitrogens with zero attached hydrogens (tertiary/aromatic N) is 1. The lowest BCUT2D eigenvalue weighted by Crippen LogP contribution is -2.42. The van der Waals surface area contributed by atoms with Gasteiger partial charge in [-0.3, -0.25) is 9.78 Å². The molecular formula is C19H25N3O3S. The highest BCUT2D eigenvalue weighted by Gasteiger charge is 2.29. The molecule has 1 aliphatic carbocycles. The summed E-state index contributed by atoms with van der Waals surface area (Å²) in [7, 11) is -3.26. The molecule has 6 nitrogen and oxygen atoms in total. The molecule has 2 N–H and O–H groups in total. The minimum absolute atomic E-state index is 0.00147. The molecule has 1 aliphatic rings. The van der Waals surface area contributed by atoms with Gasteiger partial charge in [-0.15, -0.1) is 0 Å². The summed E-state index contributed by atoms with van der Waals surface area (Å²) >= 11 is 0. The highest BCUT2D eigenvalue weighted by atomic mass is 32.2. The second-order valence-corrected chi connectivity index (χ2v) is 9.43. The highest BCUT2D eigenvalue weighted by molar-refractivity contribution is 7.90. The van der Waals surface area contributed by atoms with Crippen molar-refractivity contribution in [2.24, 2.45) is 5.92 Å². The maximum Gasteiger partial charge on any atom is 0.227 e. The molecule has 1 heterocycles. The third kappa shape index (κ3) is 4.40. The summed E-state index contributed by atoms with van der Waals surface area (Å²) in [6.07, 6.45) is 4.49. The molecule has 0 unspecified atom stereocenters. The first-order valence-electron chi connectivity index (χ1n) is 9.02. The number of hydrogen-bond donors (Lipinski definition) is 2. The van der Waals surface area contributed by atoms with Gasteiger partial charge in [0.15, 0.2) is 0 Å². The maximum absolute atomic E-state index is 12.5. The molecule has 1 amide bonds. The quantitative estimate of drug-likeness (QED) is 0.841. The Kier molecular flexibility index (Phi) is 5.58. The molecule has 0 radical (unpaired) electrons. The number of carbonyl (C=O) groups is 1. The smallest absolute Gasteiger partial charge is 0.227 e. The Balaban J connectivity index is 1.56. The van der Waals surface area contributed by atoms with Crippen LogP contribution in [-0.2, 0) is 14.8 Å². The van der Waals surface area contributed by atoms with Gasteiger partial charge in [0.2, 0.25) is 15.9 Å². The van der Waals surface area contributed by atoms with E-state index in [1.54, 1.807) is 20.0 Å². The van der Waals surface area contributed by atoms with Crippen LogP contribution >= 0.6 is 0 Å². The van der Waals surface area contributed by atoms with E-state index in [2.05, 4.69) is 15.0 Å². The zero-order valence-electron chi connectivity index (χ0n) is 15.1. The van der Waals surface area contributed by atoms with Crippen LogP contribution in [0.3, 0.4) is 0 Å². The topological polar surface area (TPSA) is 88.2 Å². The van der Waals surface area contributed by atoms with E-state index in [1.165, 1.54) is 0 Å². The van der Waals surface area contributed by atoms with Gasteiger partial charge in [0.1, 0.15) is 0 Å². The van der Waals surface area contributed by atoms with Crippen LogP contribution in [0.4, 0.5) is 5.69 Å². The Bertz CT molecular complexity index is 888. The Hall–Kier alpha value is -1.99. The summed E-state index contributed by atoms with van der Waals surface area (Å²) in [6.45, 7) is 3.33. The van der Waals surface area contributed by atoms with Crippen molar-refractivity contribution in [3.05, 3.63) is 36.5 Å². The van der Waals surface area contributed by atoms with E-state index in [-0.39, 0.29) is 17.9 Å². The number of pyridine rings is 1. The molecule has 1 aromatic carbocycles. The number of amides is 1. The highest BCUT2D eigenvalue weighted by Crippen LogP contribution is 2.27. The van der Waals surface area contributed by atoms with Crippen LogP contribution in [0.1, 0.15) is 39.5 Å². The average Bonchev–Trinajstić information content (AvgIpc) is 2.61. The minimum atomic E-state index is -3.26. The molecule has 2 aromatic rings. The lowest BCUT2D eigenvalue weighted by atomic mass is 9.86. The maximum atomic E-state index is 12.5. The van der Waals surface area contributed by atoms with Crippen LogP contribution in [0.5, 0.6) is 0 Å². The Labute approximate surface area is 154 Å². The van der Waals surface area contributed by atoms with Crippen molar-refractivity contribution < 1.29 is 13.2 Å². The number of sulfonamides is 1. The molecule has 0 atom stereocenters. The summed E-state index contributed by atoms with van der Waals surface area (Å²) in [5.41, 5.74) is 1.65. The van der Waals surface area contributed by atoms with Crippen LogP contribution in [0.15, 0.2) is 36.5 Å². The zero-order chi connectivity index (χ0) is 18.7. The summed E-state index contributed by atoms with van der Waals surface area (Å²) in [4.78, 5) is 16.8. The first kappa shape index (κ1) is 18.8. The van der Waals surface area contributed by atoms with Crippen LogP contribution in [0, 0.1) is 5.92 Å². The number of hydrogen-bond acceptors (Lipinski definition) is 4. The zero-order valence-corrected chi connectivity index (χ0v) is 15.9. The van der Waals surface area contributed by atoms with E-state index < -0.39 is 15.3 Å². The Morgan fingerprint density at radius 2 is 1.88 bits per heavy atom. The minimum Gasteiger partial charge on any atom is -0.326 e. The molecule has 1 aromatic heterocycles. The number of nitrogens with one attached hydrogen (secondary N) is 2. The lowest BCUT2D eigenvalue weighted by Gasteiger charge is -2.28. The number of rotatable bonds is 5. The number of aromatic nitrogens is 1. The standard InChI is InChI=1S/C19H25N3O3S/c1-13(2)26(24,25)22-16-7-5-14(6-8-16)19(23)21-17-9-10-18-15(12-17)4-3-11-20-18/h3-4,9-14,16,22H,5-8H2,1-2H3,(H,21,23). The van der Waals surface area contributed by atoms with E-state index in [4.69, 9.17) is 0 Å². The van der Waals surface area contributed by atoms with E-state index in [9.17, 15) is 13.2 Å². The number of fused-ring (bicyclic) bond motifs is 1. The SMILES string of the molecule is CC(C)S(=O)(=O)NC1CCC(C(=O)Nc2ccc3ncccc3c2)CC1. The van der Waals surface area contributed by atoms with E-state index >= 15 is 0 Å². The van der Waals surface area contributed by atoms with Crippen molar-refractivity contribution in [3.8, 4) is 0 Å². The van der Waals surface area contributed by atoms with Crippen LogP contribution in [-0.4, -0.2) is 30.6 Å². The van der Waals surface area contributed by atoms with Gasteiger partial charge >= 0.3 is 0 Å². The van der Waals surface area contributed by atoms with E-state index in [0.717, 1.165) is 16.6 Å². The molecule has 0 bridgehead atoms. The lowest BCUT2D eigenvalue weighted by molar-refractivity contribution is -0.120. The predicted molar refractivity (Wildman–Crippen MR) is 103 cm³/mol. The van der Waals surface area contributed by atoms with Crippen LogP contribution in [0.2, 0.25) is 0 Å². The molecule has 0 aliphatic heterocycles. The first-order valence-corrected chi connectivity index (χ1v) is 10.6. The van der Waals surface area contributed by atoms with E-state index in [0.29, 0.717) is 25.7 Å². The van der Waals surface area contributed by atoms with Crippen molar-refractivity contribution >= 4 is 32.5 Å². The van der Waals surface area contributed by atoms with Crippen molar-refractivity contribution in [2.75, 3.05) is 5.32 Å². The summed E-state index contributed by atoms with van der Waals surface area (Å²) < 4.78 is 26.7. The fraction of sp³-hybridized carbons (Fsp3) is 0.474. The van der Waals surface area contributed by atoms with Gasteiger partial charge in [-0.1, -0.05) is 6.07 Å². The van der Waals surface area contributed by atoms with Crippen molar-refractivity contribution in [1.29, 1.82) is 0 Å². The van der Waals surface area contributed by atoms with Crippen molar-refractivity contribution in [3.63, 3.8) is 0 Å². The van der Waals surface area contributed by atoms with E-state index in [1.807, 2.05) is 30.3 Å². The molecule has 0 saturated heterocycles. The monoisotopic (exact) mass is 375 g/mol. The number of benzene rings is 1. The van der Waals surface area contributed by atoms with Gasteiger partial charge in [0.25, 0.3) is 0 Å². The second-order valence-electron chi connectivity index (χ2n) is 7.16. The molecule has 140 valence electrons. The Morgan fingerprint density at radius 3 is 2.58 bits per heavy atom. The second kappa shape index (κ2) is 7.72. The Morgan fingerprint density at radius 1 is 1.15 bits per heavy atom. The molecular weight excluding hydrogens is 350 g/mol. The van der Waals surface area contributed by atoms with Gasteiger partial charge in [-0.05, 0) is 63.8 Å². The summed E-state index contributed by atoms with van der Waals surface area (Å²) in [6, 6.07) is 9.43. The summed E-state index contributed by atoms with van der Waals surface area (Å²) in [5.74, 6) is -0.0854. The molecule has 3 rings (SSSR count). The van der Waals surface area contributed by atoms with Crippen LogP contribution < -0.4 is 10.0 Å². The third-order valence-corrected chi connectivity index (χ3v) is 6.82. The molecule has 1 saturated carbocycles. The molecule has 26 heavy (non-hydrogen) atoms. The largest absolute Gasteiger partial charge is 0.326 e. The van der Waals surface area contributed by atoms with Crippen molar-refractivity contribution in [2.45, 2.75) is 50.8 Å². The van der Waals surface area contributed by atoms with Gasteiger partial charge < -0.3 is 5.32 Å². The van der Waals surface area contributed by atoms with Crippen molar-refractivity contribution in [1.82, 2.24) is 9.71 Å². The summed E-state index contributed by atoms with van der Waals surface area (Å²) in [5, 5.41) is 3.52. The first-order chi connectivity index (χ1) is 12.3. The number of anilines is 1. The predicted octanol–water partition coefficient (Wildman–Crippen LogP) is 3.06. The van der Waals surface area contributed by atoms with Gasteiger partial charge in [-0.25, -0.2) is 13.1 Å². The van der Waals surface area contributed by atoms with Gasteiger partial charge in [-0.2, -0.15) is 0 Å². The molecule has 1 fully saturated rings. The third-order valence-electron chi connectivity index (χ3n) is 4.92. The fourth-order valence-corrected chi connectivity index (χ4v) is 4.21.